The van der Waals surface area contributed by atoms with Crippen LogP contribution in [-0.2, 0) is 10.0 Å². The first-order valence-electron chi connectivity index (χ1n) is 7.46. The van der Waals surface area contributed by atoms with Crippen LogP contribution in [0.1, 0.15) is 28.9 Å². The van der Waals surface area contributed by atoms with E-state index in [-0.39, 0.29) is 16.2 Å². The lowest BCUT2D eigenvalue weighted by atomic mass is 10.1. The Hall–Kier alpha value is -2.45. The number of methoxy groups -OCH3 is 1. The maximum atomic E-state index is 13.0. The van der Waals surface area contributed by atoms with Crippen molar-refractivity contribution in [2.75, 3.05) is 14.2 Å². The molecule has 0 heterocycles. The molecular formula is C17H19FN2O4S. The monoisotopic (exact) mass is 366 g/mol. The van der Waals surface area contributed by atoms with Crippen LogP contribution in [0.4, 0.5) is 4.39 Å². The molecule has 0 saturated carbocycles. The summed E-state index contributed by atoms with van der Waals surface area (Å²) in [5.74, 6) is -0.588. The van der Waals surface area contributed by atoms with Gasteiger partial charge in [-0.05, 0) is 42.8 Å². The summed E-state index contributed by atoms with van der Waals surface area (Å²) in [5, 5.41) is 2.44. The minimum absolute atomic E-state index is 0.0686. The van der Waals surface area contributed by atoms with Gasteiger partial charge in [-0.1, -0.05) is 12.1 Å². The first-order valence-corrected chi connectivity index (χ1v) is 8.94. The second kappa shape index (κ2) is 7.62. The molecule has 0 aliphatic rings. The molecule has 2 rings (SSSR count). The van der Waals surface area contributed by atoms with E-state index in [0.717, 1.165) is 0 Å². The van der Waals surface area contributed by atoms with Crippen LogP contribution in [-0.4, -0.2) is 28.5 Å². The molecule has 0 aliphatic carbocycles. The van der Waals surface area contributed by atoms with Crippen molar-refractivity contribution < 1.29 is 22.3 Å². The zero-order valence-electron chi connectivity index (χ0n) is 14.0. The molecule has 1 amide bonds. The van der Waals surface area contributed by atoms with Gasteiger partial charge in [-0.3, -0.25) is 4.79 Å². The predicted molar refractivity (Wildman–Crippen MR) is 91.5 cm³/mol. The Morgan fingerprint density at radius 2 is 1.80 bits per heavy atom. The van der Waals surface area contributed by atoms with E-state index < -0.39 is 27.8 Å². The molecule has 0 saturated heterocycles. The third-order valence-corrected chi connectivity index (χ3v) is 5.19. The van der Waals surface area contributed by atoms with Gasteiger partial charge < -0.3 is 10.1 Å². The molecule has 8 heteroatoms. The fourth-order valence-electron chi connectivity index (χ4n) is 2.29. The minimum atomic E-state index is -3.89. The van der Waals surface area contributed by atoms with Gasteiger partial charge in [0.2, 0.25) is 10.0 Å². The topological polar surface area (TPSA) is 84.5 Å². The van der Waals surface area contributed by atoms with Crippen molar-refractivity contribution in [2.45, 2.75) is 17.9 Å². The molecule has 0 aromatic heterocycles. The van der Waals surface area contributed by atoms with Crippen molar-refractivity contribution >= 4 is 15.9 Å². The first-order chi connectivity index (χ1) is 11.8. The zero-order chi connectivity index (χ0) is 18.6. The van der Waals surface area contributed by atoms with Gasteiger partial charge in [0.05, 0.1) is 17.6 Å². The summed E-state index contributed by atoms with van der Waals surface area (Å²) in [6.45, 7) is 1.65. The second-order valence-corrected chi connectivity index (χ2v) is 7.05. The van der Waals surface area contributed by atoms with Crippen LogP contribution in [0.5, 0.6) is 5.75 Å². The second-order valence-electron chi connectivity index (χ2n) is 5.34. The fourth-order valence-corrected chi connectivity index (χ4v) is 3.54. The standard InChI is InChI=1S/C17H19FN2O4S/c1-11(12-4-6-13(18)7-5-12)20-25(22,23)14-8-9-16(24-3)15(10-14)17(21)19-2/h4-11,20H,1-3H3,(H,19,21). The highest BCUT2D eigenvalue weighted by atomic mass is 32.2. The number of halogens is 1. The summed E-state index contributed by atoms with van der Waals surface area (Å²) in [5.41, 5.74) is 0.729. The molecule has 0 bridgehead atoms. The van der Waals surface area contributed by atoms with Crippen LogP contribution < -0.4 is 14.8 Å². The van der Waals surface area contributed by atoms with Gasteiger partial charge in [0.1, 0.15) is 11.6 Å². The van der Waals surface area contributed by atoms with E-state index in [4.69, 9.17) is 4.74 Å². The van der Waals surface area contributed by atoms with Crippen molar-refractivity contribution in [3.8, 4) is 5.75 Å². The normalized spacial score (nSPS) is 12.5. The number of carbonyl (C=O) groups excluding carboxylic acids is 1. The minimum Gasteiger partial charge on any atom is -0.496 e. The smallest absolute Gasteiger partial charge is 0.254 e. The maximum Gasteiger partial charge on any atom is 0.254 e. The van der Waals surface area contributed by atoms with E-state index in [1.165, 1.54) is 56.6 Å². The molecular weight excluding hydrogens is 347 g/mol. The maximum absolute atomic E-state index is 13.0. The summed E-state index contributed by atoms with van der Waals surface area (Å²) < 4.78 is 45.8. The van der Waals surface area contributed by atoms with Crippen LogP contribution in [0.3, 0.4) is 0 Å². The summed E-state index contributed by atoms with van der Waals surface area (Å²) in [4.78, 5) is 11.8. The van der Waals surface area contributed by atoms with Gasteiger partial charge >= 0.3 is 0 Å². The van der Waals surface area contributed by atoms with Crippen molar-refractivity contribution in [3.05, 3.63) is 59.4 Å². The summed E-state index contributed by atoms with van der Waals surface area (Å²) in [6.07, 6.45) is 0. The van der Waals surface area contributed by atoms with Crippen LogP contribution >= 0.6 is 0 Å². The number of nitrogens with one attached hydrogen (secondary N) is 2. The zero-order valence-corrected chi connectivity index (χ0v) is 14.9. The molecule has 0 spiro atoms. The van der Waals surface area contributed by atoms with E-state index >= 15 is 0 Å². The van der Waals surface area contributed by atoms with Gasteiger partial charge in [0.25, 0.3) is 5.91 Å². The molecule has 2 aromatic rings. The van der Waals surface area contributed by atoms with E-state index in [0.29, 0.717) is 5.56 Å². The summed E-state index contributed by atoms with van der Waals surface area (Å²) in [7, 11) is -1.05. The number of carbonyl (C=O) groups is 1. The van der Waals surface area contributed by atoms with Gasteiger partial charge in [-0.25, -0.2) is 17.5 Å². The number of ether oxygens (including phenoxy) is 1. The van der Waals surface area contributed by atoms with Gasteiger partial charge in [-0.15, -0.1) is 0 Å². The van der Waals surface area contributed by atoms with Crippen LogP contribution in [0.25, 0.3) is 0 Å². The number of rotatable bonds is 6. The highest BCUT2D eigenvalue weighted by molar-refractivity contribution is 7.89. The summed E-state index contributed by atoms with van der Waals surface area (Å²) >= 11 is 0. The predicted octanol–water partition coefficient (Wildman–Crippen LogP) is 2.23. The average molecular weight is 366 g/mol. The molecule has 0 fully saturated rings. The van der Waals surface area contributed by atoms with Crippen LogP contribution in [0, 0.1) is 5.82 Å². The average Bonchev–Trinajstić information content (AvgIpc) is 2.60. The van der Waals surface area contributed by atoms with Gasteiger partial charge in [0.15, 0.2) is 0 Å². The molecule has 0 aliphatic heterocycles. The molecule has 2 N–H and O–H groups in total. The molecule has 134 valence electrons. The van der Waals surface area contributed by atoms with E-state index in [2.05, 4.69) is 10.0 Å². The van der Waals surface area contributed by atoms with Gasteiger partial charge in [0, 0.05) is 13.1 Å². The highest BCUT2D eigenvalue weighted by Crippen LogP contribution is 2.24. The van der Waals surface area contributed by atoms with Crippen molar-refractivity contribution in [1.82, 2.24) is 10.0 Å². The largest absolute Gasteiger partial charge is 0.496 e. The van der Waals surface area contributed by atoms with Gasteiger partial charge in [-0.2, -0.15) is 0 Å². The third-order valence-electron chi connectivity index (χ3n) is 3.65. The van der Waals surface area contributed by atoms with Crippen LogP contribution in [0.2, 0.25) is 0 Å². The number of hydrogen-bond donors (Lipinski definition) is 2. The van der Waals surface area contributed by atoms with E-state index in [9.17, 15) is 17.6 Å². The number of hydrogen-bond acceptors (Lipinski definition) is 4. The molecule has 6 nitrogen and oxygen atoms in total. The SMILES string of the molecule is CNC(=O)c1cc(S(=O)(=O)NC(C)c2ccc(F)cc2)ccc1OC. The Labute approximate surface area is 146 Å². The van der Waals surface area contributed by atoms with Crippen molar-refractivity contribution in [2.24, 2.45) is 0 Å². The molecule has 1 unspecified atom stereocenters. The van der Waals surface area contributed by atoms with Crippen molar-refractivity contribution in [3.63, 3.8) is 0 Å². The Morgan fingerprint density at radius 1 is 1.16 bits per heavy atom. The Balaban J connectivity index is 2.32. The lowest BCUT2D eigenvalue weighted by molar-refractivity contribution is 0.0960. The fraction of sp³-hybridized carbons (Fsp3) is 0.235. The number of sulfonamides is 1. The molecule has 2 aromatic carbocycles. The Bertz CT molecular complexity index is 867. The van der Waals surface area contributed by atoms with Crippen LogP contribution in [0.15, 0.2) is 47.4 Å². The number of amides is 1. The Kier molecular flexibility index (Phi) is 5.76. The summed E-state index contributed by atoms with van der Waals surface area (Å²) in [6, 6.07) is 8.98. The van der Waals surface area contributed by atoms with Crippen molar-refractivity contribution in [1.29, 1.82) is 0 Å². The lowest BCUT2D eigenvalue weighted by Crippen LogP contribution is -2.27. The molecule has 25 heavy (non-hydrogen) atoms. The van der Waals surface area contributed by atoms with E-state index in [1.54, 1.807) is 6.92 Å². The quantitative estimate of drug-likeness (QED) is 0.821. The molecule has 1 atom stereocenters. The molecule has 0 radical (unpaired) electrons. The highest BCUT2D eigenvalue weighted by Gasteiger charge is 2.21. The lowest BCUT2D eigenvalue weighted by Gasteiger charge is -2.16. The first kappa shape index (κ1) is 18.9. The Morgan fingerprint density at radius 3 is 2.36 bits per heavy atom. The third kappa shape index (κ3) is 4.34. The number of benzene rings is 2. The van der Waals surface area contributed by atoms with E-state index in [1.807, 2.05) is 0 Å².